The van der Waals surface area contributed by atoms with Crippen molar-refractivity contribution >= 4 is 11.8 Å². The number of hydrogen-bond donors (Lipinski definition) is 1. The van der Waals surface area contributed by atoms with Crippen LogP contribution in [0.4, 0.5) is 0 Å². The molecule has 2 aromatic rings. The summed E-state index contributed by atoms with van der Waals surface area (Å²) in [5.74, 6) is 1.47. The number of nitrogens with zero attached hydrogens (tertiary/aromatic N) is 2. The second-order valence-corrected chi connectivity index (χ2v) is 5.78. The van der Waals surface area contributed by atoms with Gasteiger partial charge in [-0.05, 0) is 25.6 Å². The first-order valence-corrected chi connectivity index (χ1v) is 8.01. The van der Waals surface area contributed by atoms with Gasteiger partial charge in [0.15, 0.2) is 0 Å². The Hall–Kier alpha value is -1.59. The first-order valence-electron chi connectivity index (χ1n) is 7.02. The summed E-state index contributed by atoms with van der Waals surface area (Å²) in [5.41, 5.74) is 2.14. The van der Waals surface area contributed by atoms with E-state index in [4.69, 9.17) is 4.74 Å². The molecular weight excluding hydrogens is 282 g/mol. The van der Waals surface area contributed by atoms with Gasteiger partial charge in [-0.25, -0.2) is 4.98 Å². The van der Waals surface area contributed by atoms with Gasteiger partial charge in [0.2, 0.25) is 5.88 Å². The van der Waals surface area contributed by atoms with Crippen molar-refractivity contribution in [3.05, 3.63) is 47.9 Å². The summed E-state index contributed by atoms with van der Waals surface area (Å²) in [4.78, 5) is 9.92. The van der Waals surface area contributed by atoms with E-state index in [1.807, 2.05) is 0 Å². The highest BCUT2D eigenvalue weighted by Crippen LogP contribution is 2.27. The maximum atomic E-state index is 5.32. The van der Waals surface area contributed by atoms with Crippen LogP contribution in [0.2, 0.25) is 0 Å². The minimum absolute atomic E-state index is 0.116. The van der Waals surface area contributed by atoms with Crippen LogP contribution >= 0.6 is 11.8 Å². The predicted octanol–water partition coefficient (Wildman–Crippen LogP) is 3.24. The molecule has 0 bridgehead atoms. The normalized spacial score (nSPS) is 12.1. The summed E-state index contributed by atoms with van der Waals surface area (Å²) in [6.07, 6.45) is 3.36. The van der Waals surface area contributed by atoms with E-state index in [1.54, 1.807) is 31.3 Å². The molecule has 0 radical (unpaired) electrons. The highest BCUT2D eigenvalue weighted by atomic mass is 32.2. The van der Waals surface area contributed by atoms with Crippen LogP contribution in [0.25, 0.3) is 0 Å². The molecule has 1 aromatic heterocycles. The Morgan fingerprint density at radius 3 is 2.57 bits per heavy atom. The monoisotopic (exact) mass is 303 g/mol. The average molecular weight is 303 g/mol. The second-order valence-electron chi connectivity index (χ2n) is 4.69. The van der Waals surface area contributed by atoms with E-state index >= 15 is 0 Å². The zero-order chi connectivity index (χ0) is 15.1. The van der Waals surface area contributed by atoms with E-state index in [0.717, 1.165) is 18.0 Å². The smallest absolute Gasteiger partial charge is 0.237 e. The highest BCUT2D eigenvalue weighted by molar-refractivity contribution is 7.99. The third kappa shape index (κ3) is 4.44. The number of hydrogen-bond acceptors (Lipinski definition) is 5. The molecule has 21 heavy (non-hydrogen) atoms. The quantitative estimate of drug-likeness (QED) is 0.796. The van der Waals surface area contributed by atoms with Crippen LogP contribution in [0.1, 0.15) is 24.2 Å². The number of rotatable bonds is 7. The number of ether oxygens (including phenoxy) is 1. The molecule has 0 fully saturated rings. The molecule has 0 spiro atoms. The van der Waals surface area contributed by atoms with Gasteiger partial charge >= 0.3 is 0 Å². The number of nitrogens with one attached hydrogen (secondary N) is 1. The Morgan fingerprint density at radius 2 is 1.90 bits per heavy atom. The van der Waals surface area contributed by atoms with Crippen molar-refractivity contribution in [2.75, 3.05) is 19.4 Å². The minimum Gasteiger partial charge on any atom is -0.480 e. The number of aromatic nitrogens is 2. The van der Waals surface area contributed by atoms with Crippen molar-refractivity contribution in [3.8, 4) is 5.88 Å². The lowest BCUT2D eigenvalue weighted by Gasteiger charge is -2.18. The fraction of sp³-hybridized carbons (Fsp3) is 0.375. The molecule has 1 heterocycles. The Kier molecular flexibility index (Phi) is 6.02. The van der Waals surface area contributed by atoms with Crippen molar-refractivity contribution in [2.45, 2.75) is 24.8 Å². The van der Waals surface area contributed by atoms with E-state index in [0.29, 0.717) is 5.88 Å². The van der Waals surface area contributed by atoms with Crippen molar-refractivity contribution in [3.63, 3.8) is 0 Å². The molecule has 112 valence electrons. The van der Waals surface area contributed by atoms with Gasteiger partial charge in [0.05, 0.1) is 13.2 Å². The summed E-state index contributed by atoms with van der Waals surface area (Å²) in [5, 5.41) is 3.45. The lowest BCUT2D eigenvalue weighted by Crippen LogP contribution is -2.24. The van der Waals surface area contributed by atoms with Crippen molar-refractivity contribution in [2.24, 2.45) is 0 Å². The maximum Gasteiger partial charge on any atom is 0.237 e. The molecule has 0 aliphatic carbocycles. The second kappa shape index (κ2) is 8.00. The van der Waals surface area contributed by atoms with Crippen LogP contribution in [0.5, 0.6) is 5.88 Å². The summed E-state index contributed by atoms with van der Waals surface area (Å²) in [6.45, 7) is 5.06. The van der Waals surface area contributed by atoms with Gasteiger partial charge in [0.1, 0.15) is 5.69 Å². The van der Waals surface area contributed by atoms with Crippen LogP contribution in [0.15, 0.2) is 41.6 Å². The summed E-state index contributed by atoms with van der Waals surface area (Å²) in [6, 6.07) is 8.68. The van der Waals surface area contributed by atoms with Crippen LogP contribution < -0.4 is 10.1 Å². The number of methoxy groups -OCH3 is 1. The molecule has 4 nitrogen and oxygen atoms in total. The molecule has 1 N–H and O–H groups in total. The summed E-state index contributed by atoms with van der Waals surface area (Å²) < 4.78 is 5.32. The molecule has 0 saturated carbocycles. The van der Waals surface area contributed by atoms with Gasteiger partial charge in [-0.2, -0.15) is 0 Å². The minimum atomic E-state index is 0.116. The summed E-state index contributed by atoms with van der Waals surface area (Å²) in [7, 11) is 1.63. The average Bonchev–Trinajstić information content (AvgIpc) is 2.53. The lowest BCUT2D eigenvalue weighted by molar-refractivity contribution is 0.381. The maximum absolute atomic E-state index is 5.32. The number of aryl methyl sites for hydroxylation is 1. The van der Waals surface area contributed by atoms with E-state index < -0.39 is 0 Å². The van der Waals surface area contributed by atoms with Gasteiger partial charge in [-0.15, -0.1) is 11.8 Å². The Labute approximate surface area is 130 Å². The van der Waals surface area contributed by atoms with E-state index in [-0.39, 0.29) is 6.04 Å². The van der Waals surface area contributed by atoms with Crippen molar-refractivity contribution in [1.29, 1.82) is 0 Å². The third-order valence-electron chi connectivity index (χ3n) is 3.10. The molecule has 2 rings (SSSR count). The van der Waals surface area contributed by atoms with Gasteiger partial charge in [0, 0.05) is 23.0 Å². The fourth-order valence-corrected chi connectivity index (χ4v) is 2.99. The molecule has 1 atom stereocenters. The molecule has 0 saturated heterocycles. The van der Waals surface area contributed by atoms with Gasteiger partial charge in [-0.1, -0.05) is 24.6 Å². The molecule has 1 aromatic carbocycles. The molecule has 0 aliphatic heterocycles. The zero-order valence-electron chi connectivity index (χ0n) is 12.7. The van der Waals surface area contributed by atoms with Crippen molar-refractivity contribution in [1.82, 2.24) is 15.3 Å². The third-order valence-corrected chi connectivity index (χ3v) is 4.21. The van der Waals surface area contributed by atoms with Crippen LogP contribution in [0.3, 0.4) is 0 Å². The largest absolute Gasteiger partial charge is 0.480 e. The van der Waals surface area contributed by atoms with E-state index in [2.05, 4.69) is 53.4 Å². The Bertz CT molecular complexity index is 560. The van der Waals surface area contributed by atoms with Gasteiger partial charge in [-0.3, -0.25) is 4.98 Å². The molecular formula is C16H21N3OS. The van der Waals surface area contributed by atoms with Crippen LogP contribution in [-0.2, 0) is 0 Å². The highest BCUT2D eigenvalue weighted by Gasteiger charge is 2.18. The van der Waals surface area contributed by atoms with E-state index in [9.17, 15) is 0 Å². The fourth-order valence-electron chi connectivity index (χ4n) is 2.03. The van der Waals surface area contributed by atoms with Crippen LogP contribution in [-0.4, -0.2) is 29.4 Å². The molecule has 0 amide bonds. The van der Waals surface area contributed by atoms with Gasteiger partial charge in [0.25, 0.3) is 0 Å². The number of thioether (sulfide) groups is 1. The van der Waals surface area contributed by atoms with Crippen LogP contribution in [0, 0.1) is 6.92 Å². The summed E-state index contributed by atoms with van der Waals surface area (Å²) >= 11 is 1.81. The predicted molar refractivity (Wildman–Crippen MR) is 86.9 cm³/mol. The molecule has 1 unspecified atom stereocenters. The van der Waals surface area contributed by atoms with E-state index in [1.165, 1.54) is 10.5 Å². The Balaban J connectivity index is 2.10. The zero-order valence-corrected chi connectivity index (χ0v) is 13.5. The van der Waals surface area contributed by atoms with Crippen molar-refractivity contribution < 1.29 is 4.74 Å². The Morgan fingerprint density at radius 1 is 1.19 bits per heavy atom. The molecule has 0 aliphatic rings. The SMILES string of the molecule is CCNC(CSc1ccc(C)cc1)c1nccnc1OC. The molecule has 5 heteroatoms. The first-order chi connectivity index (χ1) is 10.2. The number of benzene rings is 1. The van der Waals surface area contributed by atoms with Gasteiger partial charge < -0.3 is 10.1 Å². The first kappa shape index (κ1) is 15.8. The lowest BCUT2D eigenvalue weighted by atomic mass is 10.2. The standard InChI is InChI=1S/C16H21N3OS/c1-4-17-14(15-16(20-3)19-10-9-18-15)11-21-13-7-5-12(2)6-8-13/h5-10,14,17H,4,11H2,1-3H3. The topological polar surface area (TPSA) is 47.0 Å².